The molecule has 1 atom stereocenters. The lowest BCUT2D eigenvalue weighted by atomic mass is 9.97. The van der Waals surface area contributed by atoms with Crippen LogP contribution in [0.3, 0.4) is 0 Å². The Hall–Kier alpha value is -0.790. The Labute approximate surface area is 126 Å². The van der Waals surface area contributed by atoms with Crippen LogP contribution in [0, 0.1) is 5.92 Å². The Bertz CT molecular complexity index is 341. The van der Waals surface area contributed by atoms with Gasteiger partial charge in [0, 0.05) is 0 Å². The first kappa shape index (κ1) is 17.3. The van der Waals surface area contributed by atoms with E-state index in [4.69, 9.17) is 0 Å². The monoisotopic (exact) mass is 279 g/mol. The van der Waals surface area contributed by atoms with Crippen molar-refractivity contribution in [2.75, 3.05) is 0 Å². The molecule has 0 aromatic carbocycles. The van der Waals surface area contributed by atoms with Gasteiger partial charge in [-0.1, -0.05) is 59.8 Å². The van der Waals surface area contributed by atoms with Crippen LogP contribution < -0.4 is 4.57 Å². The van der Waals surface area contributed by atoms with E-state index in [-0.39, 0.29) is 0 Å². The molecule has 0 radical (unpaired) electrons. The zero-order chi connectivity index (χ0) is 14.8. The summed E-state index contributed by atoms with van der Waals surface area (Å²) in [6.07, 6.45) is 17.7. The van der Waals surface area contributed by atoms with Crippen LogP contribution in [-0.4, -0.2) is 4.57 Å². The molecule has 0 aliphatic rings. The van der Waals surface area contributed by atoms with Crippen LogP contribution in [0.1, 0.15) is 85.1 Å². The molecule has 20 heavy (non-hydrogen) atoms. The minimum absolute atomic E-state index is 0.666. The summed E-state index contributed by atoms with van der Waals surface area (Å²) in [5, 5.41) is 0. The van der Waals surface area contributed by atoms with E-state index in [1.54, 1.807) is 0 Å². The van der Waals surface area contributed by atoms with Gasteiger partial charge in [0.15, 0.2) is 0 Å². The van der Waals surface area contributed by atoms with Crippen LogP contribution in [0.5, 0.6) is 0 Å². The summed E-state index contributed by atoms with van der Waals surface area (Å²) in [5.41, 5.74) is 0. The Morgan fingerprint density at radius 3 is 2.30 bits per heavy atom. The number of hydrogen-bond acceptors (Lipinski definition) is 0. The average molecular weight is 279 g/mol. The lowest BCUT2D eigenvalue weighted by Gasteiger charge is -2.17. The highest BCUT2D eigenvalue weighted by Crippen LogP contribution is 2.24. The van der Waals surface area contributed by atoms with Crippen molar-refractivity contribution >= 4 is 0 Å². The minimum Gasteiger partial charge on any atom is -0.237 e. The van der Waals surface area contributed by atoms with E-state index >= 15 is 0 Å². The van der Waals surface area contributed by atoms with E-state index in [2.05, 4.69) is 55.6 Å². The lowest BCUT2D eigenvalue weighted by Crippen LogP contribution is -2.31. The molecule has 0 amide bonds. The molecular formula is C18H35N2+. The van der Waals surface area contributed by atoms with Crippen LogP contribution in [0.4, 0.5) is 0 Å². The van der Waals surface area contributed by atoms with Crippen molar-refractivity contribution < 1.29 is 4.57 Å². The molecule has 0 N–H and O–H groups in total. The summed E-state index contributed by atoms with van der Waals surface area (Å²) < 4.78 is 4.75. The Balaban J connectivity index is 2.39. The number of unbranched alkanes of at least 4 members (excludes halogenated alkanes) is 5. The second-order valence-electron chi connectivity index (χ2n) is 6.47. The van der Waals surface area contributed by atoms with Gasteiger partial charge in [0.05, 0.1) is 6.54 Å². The Morgan fingerprint density at radius 2 is 1.65 bits per heavy atom. The van der Waals surface area contributed by atoms with Gasteiger partial charge in [-0.15, -0.1) is 0 Å². The third-order valence-electron chi connectivity index (χ3n) is 4.20. The van der Waals surface area contributed by atoms with Gasteiger partial charge in [0.2, 0.25) is 6.33 Å². The van der Waals surface area contributed by atoms with Crippen LogP contribution in [0.15, 0.2) is 18.7 Å². The van der Waals surface area contributed by atoms with Crippen molar-refractivity contribution in [1.82, 2.24) is 4.57 Å². The number of rotatable bonds is 11. The maximum Gasteiger partial charge on any atom is 0.243 e. The van der Waals surface area contributed by atoms with Gasteiger partial charge in [0.25, 0.3) is 0 Å². The largest absolute Gasteiger partial charge is 0.243 e. The minimum atomic E-state index is 0.666. The van der Waals surface area contributed by atoms with Crippen LogP contribution >= 0.6 is 0 Å². The molecule has 0 saturated carbocycles. The molecule has 1 heterocycles. The predicted octanol–water partition coefficient (Wildman–Crippen LogP) is 5.13. The van der Waals surface area contributed by atoms with E-state index in [1.807, 2.05) is 0 Å². The summed E-state index contributed by atoms with van der Waals surface area (Å²) in [6.45, 7) is 10.4. The second-order valence-corrected chi connectivity index (χ2v) is 6.47. The van der Waals surface area contributed by atoms with Crippen molar-refractivity contribution in [3.63, 3.8) is 0 Å². The fourth-order valence-electron chi connectivity index (χ4n) is 2.96. The highest BCUT2D eigenvalue weighted by molar-refractivity contribution is 4.77. The summed E-state index contributed by atoms with van der Waals surface area (Å²) in [6, 6.07) is 0.666. The standard InChI is InChI=1S/C18H35N2/c1-5-7-8-9-10-11-12-18(17(3)4)20-15-14-19(16-20)13-6-2/h14-18H,5-13H2,1-4H3/q+1/t18-/m0/s1. The quantitative estimate of drug-likeness (QED) is 0.392. The van der Waals surface area contributed by atoms with E-state index < -0.39 is 0 Å². The molecule has 1 rings (SSSR count). The van der Waals surface area contributed by atoms with Gasteiger partial charge >= 0.3 is 0 Å². The Morgan fingerprint density at radius 1 is 0.950 bits per heavy atom. The molecule has 2 nitrogen and oxygen atoms in total. The fourth-order valence-corrected chi connectivity index (χ4v) is 2.96. The van der Waals surface area contributed by atoms with E-state index in [9.17, 15) is 0 Å². The SMILES string of the molecule is CCCCCCCC[C@@H](C(C)C)n1cc[n+](CCC)c1. The molecule has 0 fully saturated rings. The highest BCUT2D eigenvalue weighted by atomic mass is 15.1. The van der Waals surface area contributed by atoms with Crippen molar-refractivity contribution in [3.05, 3.63) is 18.7 Å². The van der Waals surface area contributed by atoms with Crippen LogP contribution in [0.25, 0.3) is 0 Å². The van der Waals surface area contributed by atoms with Gasteiger partial charge in [-0.05, 0) is 25.2 Å². The van der Waals surface area contributed by atoms with Crippen LogP contribution in [0.2, 0.25) is 0 Å². The molecule has 116 valence electrons. The molecule has 0 unspecified atom stereocenters. The molecule has 1 aromatic heterocycles. The van der Waals surface area contributed by atoms with E-state index in [1.165, 1.54) is 51.4 Å². The zero-order valence-electron chi connectivity index (χ0n) is 14.1. The van der Waals surface area contributed by atoms with Crippen molar-refractivity contribution in [2.45, 2.75) is 91.6 Å². The normalized spacial score (nSPS) is 13.1. The predicted molar refractivity (Wildman–Crippen MR) is 86.8 cm³/mol. The van der Waals surface area contributed by atoms with Gasteiger partial charge in [0.1, 0.15) is 18.4 Å². The first-order valence-electron chi connectivity index (χ1n) is 8.75. The third-order valence-corrected chi connectivity index (χ3v) is 4.20. The van der Waals surface area contributed by atoms with Gasteiger partial charge < -0.3 is 0 Å². The number of aromatic nitrogens is 2. The van der Waals surface area contributed by atoms with Gasteiger partial charge in [-0.3, -0.25) is 0 Å². The smallest absolute Gasteiger partial charge is 0.237 e. The van der Waals surface area contributed by atoms with Crippen molar-refractivity contribution in [3.8, 4) is 0 Å². The third kappa shape index (κ3) is 6.11. The summed E-state index contributed by atoms with van der Waals surface area (Å²) >= 11 is 0. The molecule has 0 aliphatic carbocycles. The lowest BCUT2D eigenvalue weighted by molar-refractivity contribution is -0.696. The van der Waals surface area contributed by atoms with E-state index in [0.717, 1.165) is 6.54 Å². The molecule has 1 aromatic rings. The average Bonchev–Trinajstić information content (AvgIpc) is 2.86. The van der Waals surface area contributed by atoms with Crippen molar-refractivity contribution in [1.29, 1.82) is 0 Å². The van der Waals surface area contributed by atoms with Gasteiger partial charge in [-0.2, -0.15) is 0 Å². The van der Waals surface area contributed by atoms with E-state index in [0.29, 0.717) is 12.0 Å². The second kappa shape index (κ2) is 10.0. The zero-order valence-corrected chi connectivity index (χ0v) is 14.1. The summed E-state index contributed by atoms with van der Waals surface area (Å²) in [7, 11) is 0. The first-order valence-corrected chi connectivity index (χ1v) is 8.75. The van der Waals surface area contributed by atoms with Crippen molar-refractivity contribution in [2.24, 2.45) is 5.92 Å². The fraction of sp³-hybridized carbons (Fsp3) is 0.833. The molecular weight excluding hydrogens is 244 g/mol. The number of hydrogen-bond donors (Lipinski definition) is 0. The topological polar surface area (TPSA) is 8.81 Å². The number of nitrogens with zero attached hydrogens (tertiary/aromatic N) is 2. The summed E-state index contributed by atoms with van der Waals surface area (Å²) in [4.78, 5) is 0. The van der Waals surface area contributed by atoms with Crippen LogP contribution in [-0.2, 0) is 6.54 Å². The maximum atomic E-state index is 2.44. The Kier molecular flexibility index (Phi) is 8.64. The molecule has 0 saturated heterocycles. The molecule has 0 bridgehead atoms. The van der Waals surface area contributed by atoms with Gasteiger partial charge in [-0.25, -0.2) is 9.13 Å². The summed E-state index contributed by atoms with van der Waals surface area (Å²) in [5.74, 6) is 0.716. The molecule has 0 aliphatic heterocycles. The first-order chi connectivity index (χ1) is 9.69. The molecule has 0 spiro atoms. The maximum absolute atomic E-state index is 2.44. The number of imidazole rings is 1. The molecule has 2 heteroatoms. The number of aryl methyl sites for hydroxylation is 1. The highest BCUT2D eigenvalue weighted by Gasteiger charge is 2.20.